The zero-order valence-corrected chi connectivity index (χ0v) is 14.0. The third-order valence-corrected chi connectivity index (χ3v) is 4.58. The minimum Gasteiger partial charge on any atom is -0.341 e. The van der Waals surface area contributed by atoms with Crippen LogP contribution in [0.5, 0.6) is 0 Å². The Bertz CT molecular complexity index is 436. The van der Waals surface area contributed by atoms with Gasteiger partial charge in [-0.3, -0.25) is 0 Å². The molecular weight excluding hydrogens is 260 g/mol. The number of aryl methyl sites for hydroxylation is 1. The maximum atomic E-state index is 4.72. The van der Waals surface area contributed by atoms with Gasteiger partial charge in [-0.2, -0.15) is 0 Å². The molecule has 0 atom stereocenters. The molecule has 118 valence electrons. The zero-order chi connectivity index (χ0) is 15.2. The van der Waals surface area contributed by atoms with Crippen molar-refractivity contribution in [1.29, 1.82) is 0 Å². The van der Waals surface area contributed by atoms with E-state index in [2.05, 4.69) is 42.9 Å². The number of nitrogens with one attached hydrogen (secondary N) is 1. The van der Waals surface area contributed by atoms with Crippen molar-refractivity contribution in [2.24, 2.45) is 11.8 Å². The summed E-state index contributed by atoms with van der Waals surface area (Å²) in [7, 11) is 0. The normalized spacial score (nSPS) is 16.7. The first-order chi connectivity index (χ1) is 10.1. The van der Waals surface area contributed by atoms with Crippen molar-refractivity contribution in [2.75, 3.05) is 24.5 Å². The van der Waals surface area contributed by atoms with Gasteiger partial charge in [0.25, 0.3) is 0 Å². The molecule has 0 spiro atoms. The van der Waals surface area contributed by atoms with Gasteiger partial charge >= 0.3 is 0 Å². The van der Waals surface area contributed by atoms with Gasteiger partial charge in [0, 0.05) is 37.1 Å². The molecule has 1 aliphatic rings. The predicted octanol–water partition coefficient (Wildman–Crippen LogP) is 3.16. The minimum absolute atomic E-state index is 0.793. The van der Waals surface area contributed by atoms with E-state index in [1.165, 1.54) is 18.4 Å². The second-order valence-corrected chi connectivity index (χ2v) is 6.53. The summed E-state index contributed by atoms with van der Waals surface area (Å²) in [4.78, 5) is 11.6. The van der Waals surface area contributed by atoms with Crippen molar-refractivity contribution in [2.45, 2.75) is 53.5 Å². The average molecular weight is 290 g/mol. The summed E-state index contributed by atoms with van der Waals surface area (Å²) in [6.45, 7) is 13.0. The Hall–Kier alpha value is -1.16. The molecule has 0 aliphatic carbocycles. The molecule has 0 bridgehead atoms. The molecule has 0 unspecified atom stereocenters. The lowest BCUT2D eigenvalue weighted by Gasteiger charge is -2.34. The Morgan fingerprint density at radius 1 is 1.33 bits per heavy atom. The fraction of sp³-hybridized carbons (Fsp3) is 0.765. The van der Waals surface area contributed by atoms with Crippen molar-refractivity contribution in [3.8, 4) is 0 Å². The van der Waals surface area contributed by atoms with Crippen LogP contribution in [0.15, 0.2) is 6.20 Å². The van der Waals surface area contributed by atoms with Crippen LogP contribution >= 0.6 is 0 Å². The topological polar surface area (TPSA) is 41.1 Å². The first kappa shape index (κ1) is 16.2. The number of hydrogen-bond acceptors (Lipinski definition) is 4. The quantitative estimate of drug-likeness (QED) is 0.817. The summed E-state index contributed by atoms with van der Waals surface area (Å²) < 4.78 is 0. The van der Waals surface area contributed by atoms with Gasteiger partial charge in [-0.15, -0.1) is 0 Å². The van der Waals surface area contributed by atoms with Crippen molar-refractivity contribution < 1.29 is 0 Å². The molecule has 21 heavy (non-hydrogen) atoms. The lowest BCUT2D eigenvalue weighted by atomic mass is 9.87. The second-order valence-electron chi connectivity index (χ2n) is 6.53. The fourth-order valence-electron chi connectivity index (χ4n) is 2.97. The Balaban J connectivity index is 1.94. The molecule has 2 heterocycles. The molecular formula is C17H30N4. The van der Waals surface area contributed by atoms with Crippen LogP contribution in [-0.2, 0) is 6.54 Å². The molecule has 1 aromatic heterocycles. The molecule has 0 radical (unpaired) electrons. The molecule has 0 saturated carbocycles. The monoisotopic (exact) mass is 290 g/mol. The Labute approximate surface area is 129 Å². The molecule has 0 amide bonds. The fourth-order valence-corrected chi connectivity index (χ4v) is 2.97. The number of rotatable bonds is 6. The third kappa shape index (κ3) is 4.40. The number of aromatic nitrogens is 2. The molecule has 4 heteroatoms. The predicted molar refractivity (Wildman–Crippen MR) is 88.5 cm³/mol. The van der Waals surface area contributed by atoms with Crippen LogP contribution in [0.3, 0.4) is 0 Å². The highest BCUT2D eigenvalue weighted by molar-refractivity contribution is 5.33. The van der Waals surface area contributed by atoms with Gasteiger partial charge < -0.3 is 10.2 Å². The number of nitrogens with zero attached hydrogens (tertiary/aromatic N) is 3. The van der Waals surface area contributed by atoms with E-state index in [0.29, 0.717) is 0 Å². The van der Waals surface area contributed by atoms with Crippen molar-refractivity contribution >= 4 is 5.95 Å². The smallest absolute Gasteiger partial charge is 0.225 e. The third-order valence-electron chi connectivity index (χ3n) is 4.58. The first-order valence-electron chi connectivity index (χ1n) is 8.40. The molecule has 1 saturated heterocycles. The molecule has 0 aromatic carbocycles. The van der Waals surface area contributed by atoms with Crippen molar-refractivity contribution in [3.05, 3.63) is 17.5 Å². The van der Waals surface area contributed by atoms with Crippen LogP contribution in [-0.4, -0.2) is 29.6 Å². The highest BCUT2D eigenvalue weighted by atomic mass is 15.3. The van der Waals surface area contributed by atoms with Gasteiger partial charge in [0.05, 0.1) is 0 Å². The Morgan fingerprint density at radius 3 is 2.62 bits per heavy atom. The van der Waals surface area contributed by atoms with E-state index in [9.17, 15) is 0 Å². The summed E-state index contributed by atoms with van der Waals surface area (Å²) in [6.07, 6.45) is 5.68. The molecule has 1 N–H and O–H groups in total. The molecule has 4 nitrogen and oxygen atoms in total. The SMILES string of the molecule is CCCNCc1cnc(N2CCC(C(C)C)CC2)nc1C. The van der Waals surface area contributed by atoms with Gasteiger partial charge in [0.1, 0.15) is 0 Å². The van der Waals surface area contributed by atoms with E-state index >= 15 is 0 Å². The maximum absolute atomic E-state index is 4.72. The number of piperidine rings is 1. The van der Waals surface area contributed by atoms with Gasteiger partial charge in [-0.25, -0.2) is 9.97 Å². The van der Waals surface area contributed by atoms with E-state index in [-0.39, 0.29) is 0 Å². The summed E-state index contributed by atoms with van der Waals surface area (Å²) in [6, 6.07) is 0. The van der Waals surface area contributed by atoms with Crippen LogP contribution in [0.2, 0.25) is 0 Å². The van der Waals surface area contributed by atoms with Crippen molar-refractivity contribution in [3.63, 3.8) is 0 Å². The molecule has 1 fully saturated rings. The van der Waals surface area contributed by atoms with Crippen LogP contribution < -0.4 is 10.2 Å². The molecule has 1 aliphatic heterocycles. The number of hydrogen-bond donors (Lipinski definition) is 1. The lowest BCUT2D eigenvalue weighted by molar-refractivity contribution is 0.310. The number of anilines is 1. The highest BCUT2D eigenvalue weighted by Gasteiger charge is 2.23. The second kappa shape index (κ2) is 7.74. The largest absolute Gasteiger partial charge is 0.341 e. The highest BCUT2D eigenvalue weighted by Crippen LogP contribution is 2.26. The van der Waals surface area contributed by atoms with Crippen LogP contribution in [0.4, 0.5) is 5.95 Å². The van der Waals surface area contributed by atoms with E-state index in [1.54, 1.807) is 0 Å². The van der Waals surface area contributed by atoms with Gasteiger partial charge in [-0.05, 0) is 44.6 Å². The van der Waals surface area contributed by atoms with Crippen LogP contribution in [0.1, 0.15) is 51.3 Å². The van der Waals surface area contributed by atoms with Gasteiger partial charge in [-0.1, -0.05) is 20.8 Å². The first-order valence-corrected chi connectivity index (χ1v) is 8.40. The molecule has 1 aromatic rings. The van der Waals surface area contributed by atoms with E-state index in [1.807, 2.05) is 6.20 Å². The van der Waals surface area contributed by atoms with Gasteiger partial charge in [0.2, 0.25) is 5.95 Å². The van der Waals surface area contributed by atoms with E-state index in [0.717, 1.165) is 56.1 Å². The maximum Gasteiger partial charge on any atom is 0.225 e. The van der Waals surface area contributed by atoms with Crippen LogP contribution in [0.25, 0.3) is 0 Å². The summed E-state index contributed by atoms with van der Waals surface area (Å²) in [5.74, 6) is 2.57. The Morgan fingerprint density at radius 2 is 2.05 bits per heavy atom. The molecule has 2 rings (SSSR count). The zero-order valence-electron chi connectivity index (χ0n) is 14.0. The van der Waals surface area contributed by atoms with Crippen molar-refractivity contribution in [1.82, 2.24) is 15.3 Å². The average Bonchev–Trinajstić information content (AvgIpc) is 2.49. The Kier molecular flexibility index (Phi) is 5.97. The van der Waals surface area contributed by atoms with Gasteiger partial charge in [0.15, 0.2) is 0 Å². The van der Waals surface area contributed by atoms with E-state index < -0.39 is 0 Å². The minimum atomic E-state index is 0.793. The summed E-state index contributed by atoms with van der Waals surface area (Å²) >= 11 is 0. The standard InChI is InChI=1S/C17H30N4/c1-5-8-18-11-16-12-19-17(20-14(16)4)21-9-6-15(7-10-21)13(2)3/h12-13,15,18H,5-11H2,1-4H3. The summed E-state index contributed by atoms with van der Waals surface area (Å²) in [5, 5.41) is 3.42. The lowest BCUT2D eigenvalue weighted by Crippen LogP contribution is -2.36. The summed E-state index contributed by atoms with van der Waals surface area (Å²) in [5.41, 5.74) is 2.32. The van der Waals surface area contributed by atoms with Crippen LogP contribution in [0, 0.1) is 18.8 Å². The van der Waals surface area contributed by atoms with E-state index in [4.69, 9.17) is 4.98 Å².